The van der Waals surface area contributed by atoms with Crippen LogP contribution in [0.4, 0.5) is 0 Å². The van der Waals surface area contributed by atoms with Crippen molar-refractivity contribution in [2.45, 2.75) is 25.8 Å². The van der Waals surface area contributed by atoms with E-state index in [0.29, 0.717) is 6.04 Å². The van der Waals surface area contributed by atoms with Gasteiger partial charge in [0.2, 0.25) is 0 Å². The molecule has 1 fully saturated rings. The lowest BCUT2D eigenvalue weighted by Gasteiger charge is -2.08. The van der Waals surface area contributed by atoms with Crippen LogP contribution in [0.3, 0.4) is 0 Å². The molecule has 1 N–H and O–H groups in total. The molecule has 66 valence electrons. The van der Waals surface area contributed by atoms with Crippen LogP contribution in [0, 0.1) is 6.92 Å². The summed E-state index contributed by atoms with van der Waals surface area (Å²) in [5.41, 5.74) is 1.42. The molecule has 0 bridgehead atoms. The molecule has 0 unspecified atom stereocenters. The number of rotatable bonds is 1. The quantitative estimate of drug-likeness (QED) is 0.802. The van der Waals surface area contributed by atoms with E-state index in [1.807, 2.05) is 11.3 Å². The third kappa shape index (κ3) is 1.45. The Morgan fingerprint density at radius 2 is 2.50 bits per heavy atom. The Hall–Kier alpha value is 0.140. The maximum absolute atomic E-state index is 3.55. The second kappa shape index (κ2) is 3.48. The van der Waals surface area contributed by atoms with E-state index >= 15 is 0 Å². The van der Waals surface area contributed by atoms with Crippen molar-refractivity contribution < 1.29 is 0 Å². The van der Waals surface area contributed by atoms with Crippen molar-refractivity contribution in [3.8, 4) is 0 Å². The summed E-state index contributed by atoms with van der Waals surface area (Å²) in [5.74, 6) is 0. The molecule has 0 aromatic carbocycles. The molecule has 2 heterocycles. The fraction of sp³-hybridized carbons (Fsp3) is 0.556. The highest BCUT2D eigenvalue weighted by atomic mass is 79.9. The van der Waals surface area contributed by atoms with Gasteiger partial charge in [-0.15, -0.1) is 11.3 Å². The Morgan fingerprint density at radius 3 is 3.00 bits per heavy atom. The molecule has 1 aromatic heterocycles. The fourth-order valence-corrected chi connectivity index (χ4v) is 3.35. The van der Waals surface area contributed by atoms with Crippen LogP contribution in [0.15, 0.2) is 9.85 Å². The Bertz CT molecular complexity index is 276. The highest BCUT2D eigenvalue weighted by Gasteiger charge is 2.20. The van der Waals surface area contributed by atoms with Crippen molar-refractivity contribution in [3.05, 3.63) is 20.3 Å². The molecule has 1 nitrogen and oxygen atoms in total. The van der Waals surface area contributed by atoms with E-state index in [1.165, 1.54) is 34.3 Å². The second-order valence-corrected chi connectivity index (χ2v) is 4.99. The summed E-state index contributed by atoms with van der Waals surface area (Å²) < 4.78 is 1.26. The summed E-state index contributed by atoms with van der Waals surface area (Å²) in [7, 11) is 0. The lowest BCUT2D eigenvalue weighted by molar-refractivity contribution is 0.656. The molecular weight excluding hydrogens is 234 g/mol. The summed E-state index contributed by atoms with van der Waals surface area (Å²) in [6.07, 6.45) is 2.62. The molecule has 1 atom stereocenters. The van der Waals surface area contributed by atoms with E-state index in [9.17, 15) is 0 Å². The van der Waals surface area contributed by atoms with Gasteiger partial charge in [-0.05, 0) is 47.8 Å². The zero-order valence-corrected chi connectivity index (χ0v) is 9.46. The number of halogens is 1. The average Bonchev–Trinajstić information content (AvgIpc) is 2.64. The standard InChI is InChI=1S/C9H12BrNS/c1-6-7(10)5-12-9(6)8-3-2-4-11-8/h5,8,11H,2-4H2,1H3/t8-/m0/s1. The Balaban J connectivity index is 2.26. The fourth-order valence-electron chi connectivity index (χ4n) is 1.66. The van der Waals surface area contributed by atoms with Crippen LogP contribution < -0.4 is 5.32 Å². The molecule has 0 spiro atoms. The average molecular weight is 246 g/mol. The molecule has 0 saturated carbocycles. The first kappa shape index (κ1) is 8.73. The Morgan fingerprint density at radius 1 is 1.67 bits per heavy atom. The molecule has 1 aliphatic rings. The van der Waals surface area contributed by atoms with Gasteiger partial charge in [-0.2, -0.15) is 0 Å². The van der Waals surface area contributed by atoms with Crippen molar-refractivity contribution in [1.29, 1.82) is 0 Å². The normalized spacial score (nSPS) is 23.3. The number of nitrogens with one attached hydrogen (secondary N) is 1. The highest BCUT2D eigenvalue weighted by Crippen LogP contribution is 2.34. The van der Waals surface area contributed by atoms with Gasteiger partial charge in [0.05, 0.1) is 0 Å². The smallest absolute Gasteiger partial charge is 0.0418 e. The monoisotopic (exact) mass is 245 g/mol. The van der Waals surface area contributed by atoms with Crippen LogP contribution >= 0.6 is 27.3 Å². The van der Waals surface area contributed by atoms with Gasteiger partial charge in [0.15, 0.2) is 0 Å². The zero-order chi connectivity index (χ0) is 8.55. The third-order valence-corrected chi connectivity index (χ3v) is 4.72. The van der Waals surface area contributed by atoms with Gasteiger partial charge >= 0.3 is 0 Å². The Kier molecular flexibility index (Phi) is 2.53. The summed E-state index contributed by atoms with van der Waals surface area (Å²) >= 11 is 5.41. The van der Waals surface area contributed by atoms with Gasteiger partial charge in [-0.25, -0.2) is 0 Å². The molecule has 1 saturated heterocycles. The van der Waals surface area contributed by atoms with Crippen molar-refractivity contribution >= 4 is 27.3 Å². The van der Waals surface area contributed by atoms with E-state index < -0.39 is 0 Å². The molecule has 2 rings (SSSR count). The lowest BCUT2D eigenvalue weighted by Crippen LogP contribution is -2.12. The molecule has 1 aromatic rings. The van der Waals surface area contributed by atoms with Gasteiger partial charge in [0, 0.05) is 20.8 Å². The van der Waals surface area contributed by atoms with Gasteiger partial charge < -0.3 is 5.32 Å². The molecule has 3 heteroatoms. The first-order chi connectivity index (χ1) is 5.79. The van der Waals surface area contributed by atoms with Gasteiger partial charge in [-0.3, -0.25) is 0 Å². The molecule has 0 aliphatic carbocycles. The third-order valence-electron chi connectivity index (χ3n) is 2.39. The van der Waals surface area contributed by atoms with E-state index in [1.54, 1.807) is 0 Å². The summed E-state index contributed by atoms with van der Waals surface area (Å²) in [4.78, 5) is 1.51. The Labute approximate surface area is 85.3 Å². The number of thiophene rings is 1. The first-order valence-corrected chi connectivity index (χ1v) is 5.93. The van der Waals surface area contributed by atoms with Crippen molar-refractivity contribution in [2.75, 3.05) is 6.54 Å². The summed E-state index contributed by atoms with van der Waals surface area (Å²) in [6, 6.07) is 0.626. The number of hydrogen-bond donors (Lipinski definition) is 1. The highest BCUT2D eigenvalue weighted by molar-refractivity contribution is 9.10. The summed E-state index contributed by atoms with van der Waals surface area (Å²) in [5, 5.41) is 5.70. The van der Waals surface area contributed by atoms with E-state index in [0.717, 1.165) is 0 Å². The molecule has 1 aliphatic heterocycles. The van der Waals surface area contributed by atoms with Gasteiger partial charge in [0.25, 0.3) is 0 Å². The van der Waals surface area contributed by atoms with E-state index in [2.05, 4.69) is 33.6 Å². The second-order valence-electron chi connectivity index (χ2n) is 3.22. The van der Waals surface area contributed by atoms with Crippen molar-refractivity contribution in [2.24, 2.45) is 0 Å². The maximum atomic E-state index is 3.55. The van der Waals surface area contributed by atoms with E-state index in [4.69, 9.17) is 0 Å². The van der Waals surface area contributed by atoms with Crippen LogP contribution in [0.5, 0.6) is 0 Å². The minimum absolute atomic E-state index is 0.626. The minimum Gasteiger partial charge on any atom is -0.309 e. The largest absolute Gasteiger partial charge is 0.309 e. The van der Waals surface area contributed by atoms with Crippen LogP contribution in [-0.4, -0.2) is 6.54 Å². The maximum Gasteiger partial charge on any atom is 0.0418 e. The van der Waals surface area contributed by atoms with E-state index in [-0.39, 0.29) is 0 Å². The summed E-state index contributed by atoms with van der Waals surface area (Å²) in [6.45, 7) is 3.37. The predicted molar refractivity (Wildman–Crippen MR) is 56.7 cm³/mol. The zero-order valence-electron chi connectivity index (χ0n) is 7.06. The first-order valence-electron chi connectivity index (χ1n) is 4.26. The molecule has 0 radical (unpaired) electrons. The van der Waals surface area contributed by atoms with Crippen LogP contribution in [0.2, 0.25) is 0 Å². The van der Waals surface area contributed by atoms with Crippen LogP contribution in [0.25, 0.3) is 0 Å². The van der Waals surface area contributed by atoms with Crippen LogP contribution in [-0.2, 0) is 0 Å². The number of hydrogen-bond acceptors (Lipinski definition) is 2. The topological polar surface area (TPSA) is 12.0 Å². The van der Waals surface area contributed by atoms with Crippen molar-refractivity contribution in [3.63, 3.8) is 0 Å². The van der Waals surface area contributed by atoms with Crippen molar-refractivity contribution in [1.82, 2.24) is 5.32 Å². The van der Waals surface area contributed by atoms with Crippen LogP contribution in [0.1, 0.15) is 29.3 Å². The molecule has 0 amide bonds. The van der Waals surface area contributed by atoms with Gasteiger partial charge in [-0.1, -0.05) is 0 Å². The SMILES string of the molecule is Cc1c(Br)csc1[C@@H]1CCCN1. The minimum atomic E-state index is 0.626. The predicted octanol–water partition coefficient (Wildman–Crippen LogP) is 3.24. The molecule has 12 heavy (non-hydrogen) atoms. The molecular formula is C9H12BrNS. The lowest BCUT2D eigenvalue weighted by atomic mass is 10.1. The van der Waals surface area contributed by atoms with Gasteiger partial charge in [0.1, 0.15) is 0 Å².